The third kappa shape index (κ3) is 1.61. The first-order valence-electron chi connectivity index (χ1n) is 5.92. The predicted molar refractivity (Wildman–Crippen MR) is 62.7 cm³/mol. The van der Waals surface area contributed by atoms with Crippen molar-refractivity contribution >= 4 is 5.97 Å². The van der Waals surface area contributed by atoms with Crippen LogP contribution in [0.15, 0.2) is 24.3 Å². The molecule has 1 saturated carbocycles. The fourth-order valence-corrected chi connectivity index (χ4v) is 2.31. The third-order valence-electron chi connectivity index (χ3n) is 3.57. The maximum Gasteiger partial charge on any atom is 0.331 e. The average Bonchev–Trinajstić information content (AvgIpc) is 2.77. The van der Waals surface area contributed by atoms with Crippen molar-refractivity contribution in [2.75, 3.05) is 0 Å². The summed E-state index contributed by atoms with van der Waals surface area (Å²) in [6.07, 6.45) is 1.70. The van der Waals surface area contributed by atoms with Gasteiger partial charge >= 0.3 is 5.97 Å². The molecule has 2 aromatic rings. The number of carboxylic acid groups (broad SMARTS) is 1. The highest BCUT2D eigenvalue weighted by Crippen LogP contribution is 2.41. The normalized spacial score (nSPS) is 16.9. The van der Waals surface area contributed by atoms with Crippen LogP contribution >= 0.6 is 0 Å². The van der Waals surface area contributed by atoms with Gasteiger partial charge in [0.1, 0.15) is 5.82 Å². The van der Waals surface area contributed by atoms with E-state index in [0.717, 1.165) is 6.42 Å². The molecule has 0 bridgehead atoms. The van der Waals surface area contributed by atoms with Crippen LogP contribution in [-0.4, -0.2) is 31.3 Å². The number of nitrogens with zero attached hydrogens (tertiary/aromatic N) is 4. The van der Waals surface area contributed by atoms with E-state index in [1.165, 1.54) is 16.8 Å². The molecule has 0 amide bonds. The van der Waals surface area contributed by atoms with E-state index >= 15 is 0 Å². The Bertz CT molecular complexity index is 636. The Labute approximate surface area is 107 Å². The third-order valence-corrected chi connectivity index (χ3v) is 3.57. The lowest BCUT2D eigenvalue weighted by atomic mass is 9.76. The summed E-state index contributed by atoms with van der Waals surface area (Å²) in [5.74, 6) is -1.30. The molecule has 98 valence electrons. The molecule has 0 unspecified atom stereocenters. The Morgan fingerprint density at radius 3 is 2.68 bits per heavy atom. The van der Waals surface area contributed by atoms with E-state index in [1.54, 1.807) is 12.1 Å². The van der Waals surface area contributed by atoms with Crippen LogP contribution in [0, 0.1) is 5.82 Å². The standard InChI is InChI=1S/C12H11FN4O2/c13-9-5-2-1-4-8(9)10-14-15-16-17(10)12(11(18)19)6-3-7-12/h1-2,4-5H,3,6-7H2,(H,18,19). The monoisotopic (exact) mass is 262 g/mol. The van der Waals surface area contributed by atoms with Crippen molar-refractivity contribution in [2.45, 2.75) is 24.8 Å². The van der Waals surface area contributed by atoms with Crippen molar-refractivity contribution in [2.24, 2.45) is 0 Å². The lowest BCUT2D eigenvalue weighted by Gasteiger charge is -2.37. The van der Waals surface area contributed by atoms with Crippen molar-refractivity contribution in [3.63, 3.8) is 0 Å². The van der Waals surface area contributed by atoms with Gasteiger partial charge in [0.05, 0.1) is 5.56 Å². The molecular weight excluding hydrogens is 251 g/mol. The second kappa shape index (κ2) is 4.11. The molecule has 1 aromatic heterocycles. The second-order valence-electron chi connectivity index (χ2n) is 4.58. The van der Waals surface area contributed by atoms with Crippen molar-refractivity contribution < 1.29 is 14.3 Å². The number of carbonyl (C=O) groups is 1. The van der Waals surface area contributed by atoms with E-state index in [2.05, 4.69) is 15.5 Å². The minimum atomic E-state index is -1.14. The molecule has 0 atom stereocenters. The molecule has 0 aliphatic heterocycles. The van der Waals surface area contributed by atoms with Crippen LogP contribution in [0.5, 0.6) is 0 Å². The highest BCUT2D eigenvalue weighted by molar-refractivity contribution is 5.78. The Kier molecular flexibility index (Phi) is 2.55. The van der Waals surface area contributed by atoms with Crippen LogP contribution in [0.3, 0.4) is 0 Å². The number of carboxylic acids is 1. The van der Waals surface area contributed by atoms with Crippen molar-refractivity contribution in [1.29, 1.82) is 0 Å². The molecular formula is C12H11FN4O2. The summed E-state index contributed by atoms with van der Waals surface area (Å²) in [7, 11) is 0. The average molecular weight is 262 g/mol. The number of halogens is 1. The van der Waals surface area contributed by atoms with E-state index in [9.17, 15) is 14.3 Å². The molecule has 1 fully saturated rings. The first-order chi connectivity index (χ1) is 9.15. The van der Waals surface area contributed by atoms with Crippen LogP contribution in [0.1, 0.15) is 19.3 Å². The molecule has 0 radical (unpaired) electrons. The van der Waals surface area contributed by atoms with Crippen molar-refractivity contribution in [3.8, 4) is 11.4 Å². The van der Waals surface area contributed by atoms with Crippen LogP contribution < -0.4 is 0 Å². The lowest BCUT2D eigenvalue weighted by Crippen LogP contribution is -2.48. The van der Waals surface area contributed by atoms with Gasteiger partial charge < -0.3 is 5.11 Å². The number of aromatic nitrogens is 4. The van der Waals surface area contributed by atoms with Crippen LogP contribution in [0.2, 0.25) is 0 Å². The van der Waals surface area contributed by atoms with Crippen LogP contribution in [-0.2, 0) is 10.3 Å². The maximum absolute atomic E-state index is 13.8. The van der Waals surface area contributed by atoms with Crippen LogP contribution in [0.25, 0.3) is 11.4 Å². The molecule has 6 nitrogen and oxygen atoms in total. The van der Waals surface area contributed by atoms with Gasteiger partial charge in [0.25, 0.3) is 0 Å². The zero-order chi connectivity index (χ0) is 13.5. The minimum Gasteiger partial charge on any atom is -0.479 e. The quantitative estimate of drug-likeness (QED) is 0.905. The zero-order valence-electron chi connectivity index (χ0n) is 9.95. The molecule has 1 aliphatic rings. The lowest BCUT2D eigenvalue weighted by molar-refractivity contribution is -0.153. The highest BCUT2D eigenvalue weighted by Gasteiger charge is 2.49. The maximum atomic E-state index is 13.8. The number of benzene rings is 1. The van der Waals surface area contributed by atoms with Crippen LogP contribution in [0.4, 0.5) is 4.39 Å². The van der Waals surface area contributed by atoms with Gasteiger partial charge in [0.15, 0.2) is 11.4 Å². The topological polar surface area (TPSA) is 80.9 Å². The second-order valence-corrected chi connectivity index (χ2v) is 4.58. The summed E-state index contributed by atoms with van der Waals surface area (Å²) < 4.78 is 15.0. The predicted octanol–water partition coefficient (Wildman–Crippen LogP) is 1.44. The molecule has 1 N–H and O–H groups in total. The Hall–Kier alpha value is -2.31. The summed E-state index contributed by atoms with van der Waals surface area (Å²) in [5.41, 5.74) is -0.929. The van der Waals surface area contributed by atoms with Gasteiger partial charge in [-0.2, -0.15) is 0 Å². The van der Waals surface area contributed by atoms with Gasteiger partial charge in [0.2, 0.25) is 0 Å². The SMILES string of the molecule is O=C(O)C1(n2nnnc2-c2ccccc2F)CCC1. The number of rotatable bonds is 3. The van der Waals surface area contributed by atoms with Gasteiger partial charge in [-0.3, -0.25) is 0 Å². The molecule has 19 heavy (non-hydrogen) atoms. The summed E-state index contributed by atoms with van der Waals surface area (Å²) in [5, 5.41) is 20.4. The molecule has 0 spiro atoms. The molecule has 0 saturated heterocycles. The van der Waals surface area contributed by atoms with Gasteiger partial charge in [-0.15, -0.1) is 5.10 Å². The summed E-state index contributed by atoms with van der Waals surface area (Å²) in [6, 6.07) is 6.04. The minimum absolute atomic E-state index is 0.153. The van der Waals surface area contributed by atoms with E-state index in [0.29, 0.717) is 12.8 Å². The summed E-state index contributed by atoms with van der Waals surface area (Å²) in [4.78, 5) is 11.5. The van der Waals surface area contributed by atoms with Gasteiger partial charge in [-0.1, -0.05) is 12.1 Å². The van der Waals surface area contributed by atoms with E-state index in [1.807, 2.05) is 0 Å². The highest BCUT2D eigenvalue weighted by atomic mass is 19.1. The molecule has 1 heterocycles. The first kappa shape index (κ1) is 11.8. The largest absolute Gasteiger partial charge is 0.479 e. The molecule has 3 rings (SSSR count). The van der Waals surface area contributed by atoms with Crippen molar-refractivity contribution in [3.05, 3.63) is 30.1 Å². The first-order valence-corrected chi connectivity index (χ1v) is 5.92. The zero-order valence-corrected chi connectivity index (χ0v) is 9.95. The van der Waals surface area contributed by atoms with Gasteiger partial charge in [-0.05, 0) is 41.8 Å². The Balaban J connectivity index is 2.14. The molecule has 1 aromatic carbocycles. The Morgan fingerprint density at radius 1 is 1.37 bits per heavy atom. The van der Waals surface area contributed by atoms with E-state index in [-0.39, 0.29) is 11.4 Å². The van der Waals surface area contributed by atoms with E-state index < -0.39 is 17.3 Å². The number of hydrogen-bond donors (Lipinski definition) is 1. The number of tetrazole rings is 1. The number of hydrogen-bond acceptors (Lipinski definition) is 4. The Morgan fingerprint density at radius 2 is 2.11 bits per heavy atom. The molecule has 7 heteroatoms. The van der Waals surface area contributed by atoms with Gasteiger partial charge in [0, 0.05) is 0 Å². The molecule has 1 aliphatic carbocycles. The summed E-state index contributed by atoms with van der Waals surface area (Å²) in [6.45, 7) is 0. The summed E-state index contributed by atoms with van der Waals surface area (Å²) >= 11 is 0. The van der Waals surface area contributed by atoms with Crippen molar-refractivity contribution in [1.82, 2.24) is 20.2 Å². The number of aliphatic carboxylic acids is 1. The fraction of sp³-hybridized carbons (Fsp3) is 0.333. The smallest absolute Gasteiger partial charge is 0.331 e. The fourth-order valence-electron chi connectivity index (χ4n) is 2.31. The van der Waals surface area contributed by atoms with Gasteiger partial charge in [-0.25, -0.2) is 13.9 Å². The van der Waals surface area contributed by atoms with E-state index in [4.69, 9.17) is 0 Å².